The summed E-state index contributed by atoms with van der Waals surface area (Å²) in [5.74, 6) is 1.60. The summed E-state index contributed by atoms with van der Waals surface area (Å²) in [6.45, 7) is 12.3. The Kier molecular flexibility index (Phi) is 7.51. The number of hydrogen-bond acceptors (Lipinski definition) is 4. The number of anilines is 1. The van der Waals surface area contributed by atoms with Gasteiger partial charge in [-0.15, -0.1) is 0 Å². The van der Waals surface area contributed by atoms with Crippen LogP contribution in [0, 0.1) is 5.92 Å². The number of aromatic nitrogens is 1. The Morgan fingerprint density at radius 2 is 2.00 bits per heavy atom. The molecule has 1 N–H and O–H groups in total. The predicted molar refractivity (Wildman–Crippen MR) is 108 cm³/mol. The van der Waals surface area contributed by atoms with E-state index < -0.39 is 0 Å². The maximum Gasteiger partial charge on any atom is 0.121 e. The van der Waals surface area contributed by atoms with Crippen LogP contribution in [0.4, 0.5) is 5.69 Å². The fourth-order valence-corrected chi connectivity index (χ4v) is 2.99. The molecule has 0 spiro atoms. The largest absolute Gasteiger partial charge is 0.497 e. The molecule has 25 heavy (non-hydrogen) atoms. The number of nitrogens with one attached hydrogen (secondary N) is 1. The zero-order valence-electron chi connectivity index (χ0n) is 16.4. The maximum absolute atomic E-state index is 5.43. The Morgan fingerprint density at radius 3 is 2.68 bits per heavy atom. The highest BCUT2D eigenvalue weighted by molar-refractivity contribution is 5.91. The van der Waals surface area contributed by atoms with Gasteiger partial charge in [-0.1, -0.05) is 26.8 Å². The number of pyridine rings is 1. The van der Waals surface area contributed by atoms with E-state index >= 15 is 0 Å². The lowest BCUT2D eigenvalue weighted by atomic mass is 10.1. The highest BCUT2D eigenvalue weighted by Gasteiger charge is 2.13. The normalized spacial score (nSPS) is 12.8. The van der Waals surface area contributed by atoms with Gasteiger partial charge in [0, 0.05) is 36.8 Å². The number of ether oxygens (including phenoxy) is 1. The second-order valence-electron chi connectivity index (χ2n) is 7.15. The van der Waals surface area contributed by atoms with Gasteiger partial charge in [0.25, 0.3) is 0 Å². The van der Waals surface area contributed by atoms with Crippen LogP contribution in [0.1, 0.15) is 40.5 Å². The first-order valence-corrected chi connectivity index (χ1v) is 9.45. The minimum atomic E-state index is 0.612. The van der Waals surface area contributed by atoms with Crippen molar-refractivity contribution in [3.8, 4) is 5.75 Å². The third kappa shape index (κ3) is 5.60. The van der Waals surface area contributed by atoms with Crippen LogP contribution in [0.15, 0.2) is 30.5 Å². The van der Waals surface area contributed by atoms with E-state index in [9.17, 15) is 0 Å². The first kappa shape index (κ1) is 19.5. The quantitative estimate of drug-likeness (QED) is 0.672. The smallest absolute Gasteiger partial charge is 0.121 e. The molecule has 0 saturated heterocycles. The van der Waals surface area contributed by atoms with Crippen molar-refractivity contribution in [1.29, 1.82) is 0 Å². The Labute approximate surface area is 152 Å². The molecule has 0 aliphatic heterocycles. The van der Waals surface area contributed by atoms with Crippen LogP contribution in [-0.2, 0) is 0 Å². The summed E-state index contributed by atoms with van der Waals surface area (Å²) in [7, 11) is 1.71. The molecule has 0 amide bonds. The van der Waals surface area contributed by atoms with Crippen molar-refractivity contribution in [2.45, 2.75) is 46.6 Å². The topological polar surface area (TPSA) is 37.4 Å². The van der Waals surface area contributed by atoms with Crippen LogP contribution in [0.25, 0.3) is 10.9 Å². The van der Waals surface area contributed by atoms with Crippen LogP contribution < -0.4 is 10.1 Å². The fourth-order valence-electron chi connectivity index (χ4n) is 2.99. The Balaban J connectivity index is 2.05. The van der Waals surface area contributed by atoms with Gasteiger partial charge in [0.15, 0.2) is 0 Å². The first-order valence-electron chi connectivity index (χ1n) is 9.45. The number of methoxy groups -OCH3 is 1. The van der Waals surface area contributed by atoms with Crippen LogP contribution in [0.2, 0.25) is 0 Å². The van der Waals surface area contributed by atoms with Crippen molar-refractivity contribution in [1.82, 2.24) is 9.88 Å². The van der Waals surface area contributed by atoms with Gasteiger partial charge in [-0.3, -0.25) is 9.88 Å². The molecule has 1 heterocycles. The van der Waals surface area contributed by atoms with E-state index in [1.54, 1.807) is 7.11 Å². The lowest BCUT2D eigenvalue weighted by Crippen LogP contribution is -2.37. The number of benzene rings is 1. The highest BCUT2D eigenvalue weighted by atomic mass is 16.5. The molecule has 2 aromatic rings. The molecular weight excluding hydrogens is 310 g/mol. The van der Waals surface area contributed by atoms with Crippen LogP contribution in [0.5, 0.6) is 5.75 Å². The molecule has 0 radical (unpaired) electrons. The highest BCUT2D eigenvalue weighted by Crippen LogP contribution is 2.27. The second kappa shape index (κ2) is 9.62. The average Bonchev–Trinajstić information content (AvgIpc) is 2.63. The SMILES string of the molecule is CC[C@@H](C)N(CCNc1cc(OC)cc2cccnc12)CCC(C)C. The standard InChI is InChI=1S/C21H33N3O/c1-6-17(4)24(12-9-16(2)3)13-11-22-20-15-19(25-5)14-18-8-7-10-23-21(18)20/h7-8,10,14-17,22H,6,9,11-13H2,1-5H3/t17-/m1/s1. The van der Waals surface area contributed by atoms with Crippen LogP contribution in [0.3, 0.4) is 0 Å². The van der Waals surface area contributed by atoms with Crippen molar-refractivity contribution in [2.75, 3.05) is 32.1 Å². The number of hydrogen-bond donors (Lipinski definition) is 1. The molecule has 2 rings (SSSR count). The van der Waals surface area contributed by atoms with Crippen molar-refractivity contribution >= 4 is 16.6 Å². The number of rotatable bonds is 10. The summed E-state index contributed by atoms with van der Waals surface area (Å²) in [6.07, 6.45) is 4.27. The van der Waals surface area contributed by atoms with Crippen molar-refractivity contribution in [2.24, 2.45) is 5.92 Å². The van der Waals surface area contributed by atoms with E-state index in [0.717, 1.165) is 47.9 Å². The molecule has 138 valence electrons. The summed E-state index contributed by atoms with van der Waals surface area (Å²) in [6, 6.07) is 8.71. The van der Waals surface area contributed by atoms with Crippen molar-refractivity contribution in [3.05, 3.63) is 30.5 Å². The molecule has 0 bridgehead atoms. The summed E-state index contributed by atoms with van der Waals surface area (Å²) < 4.78 is 5.43. The molecule has 0 unspecified atom stereocenters. The molecule has 4 heteroatoms. The molecule has 1 atom stereocenters. The first-order chi connectivity index (χ1) is 12.0. The number of nitrogens with zero attached hydrogens (tertiary/aromatic N) is 2. The molecule has 0 fully saturated rings. The third-order valence-electron chi connectivity index (χ3n) is 4.84. The van der Waals surface area contributed by atoms with Crippen molar-refractivity contribution in [3.63, 3.8) is 0 Å². The minimum Gasteiger partial charge on any atom is -0.497 e. The molecular formula is C21H33N3O. The van der Waals surface area contributed by atoms with E-state index in [1.165, 1.54) is 12.8 Å². The van der Waals surface area contributed by atoms with E-state index in [1.807, 2.05) is 24.4 Å². The van der Waals surface area contributed by atoms with E-state index in [4.69, 9.17) is 4.74 Å². The predicted octanol–water partition coefficient (Wildman–Crippen LogP) is 4.80. The zero-order valence-corrected chi connectivity index (χ0v) is 16.4. The lowest BCUT2D eigenvalue weighted by Gasteiger charge is -2.29. The van der Waals surface area contributed by atoms with Gasteiger partial charge < -0.3 is 10.1 Å². The summed E-state index contributed by atoms with van der Waals surface area (Å²) >= 11 is 0. The summed E-state index contributed by atoms with van der Waals surface area (Å²) in [5, 5.41) is 4.68. The summed E-state index contributed by atoms with van der Waals surface area (Å²) in [4.78, 5) is 7.12. The monoisotopic (exact) mass is 343 g/mol. The molecule has 0 saturated carbocycles. The van der Waals surface area contributed by atoms with Gasteiger partial charge in [-0.2, -0.15) is 0 Å². The number of fused-ring (bicyclic) bond motifs is 1. The van der Waals surface area contributed by atoms with E-state index in [-0.39, 0.29) is 0 Å². The lowest BCUT2D eigenvalue weighted by molar-refractivity contribution is 0.200. The van der Waals surface area contributed by atoms with Gasteiger partial charge in [-0.25, -0.2) is 0 Å². The van der Waals surface area contributed by atoms with Crippen LogP contribution in [-0.4, -0.2) is 42.7 Å². The molecule has 4 nitrogen and oxygen atoms in total. The Hall–Kier alpha value is -1.81. The molecule has 1 aromatic carbocycles. The van der Waals surface area contributed by atoms with Crippen LogP contribution >= 0.6 is 0 Å². The Bertz CT molecular complexity index is 657. The molecule has 0 aliphatic rings. The third-order valence-corrected chi connectivity index (χ3v) is 4.84. The van der Waals surface area contributed by atoms with Gasteiger partial charge in [0.05, 0.1) is 18.3 Å². The van der Waals surface area contributed by atoms with E-state index in [0.29, 0.717) is 6.04 Å². The van der Waals surface area contributed by atoms with Gasteiger partial charge in [0.1, 0.15) is 5.75 Å². The Morgan fingerprint density at radius 1 is 1.20 bits per heavy atom. The van der Waals surface area contributed by atoms with E-state index in [2.05, 4.69) is 49.0 Å². The fraction of sp³-hybridized carbons (Fsp3) is 0.571. The average molecular weight is 344 g/mol. The maximum atomic E-state index is 5.43. The molecule has 0 aliphatic carbocycles. The van der Waals surface area contributed by atoms with Gasteiger partial charge >= 0.3 is 0 Å². The minimum absolute atomic E-state index is 0.612. The van der Waals surface area contributed by atoms with Gasteiger partial charge in [-0.05, 0) is 44.4 Å². The zero-order chi connectivity index (χ0) is 18.2. The molecule has 1 aromatic heterocycles. The summed E-state index contributed by atoms with van der Waals surface area (Å²) in [5.41, 5.74) is 2.04. The van der Waals surface area contributed by atoms with Gasteiger partial charge in [0.2, 0.25) is 0 Å². The second-order valence-corrected chi connectivity index (χ2v) is 7.15. The van der Waals surface area contributed by atoms with Crippen molar-refractivity contribution < 1.29 is 4.74 Å².